The van der Waals surface area contributed by atoms with Crippen LogP contribution in [0.2, 0.25) is 5.28 Å². The van der Waals surface area contributed by atoms with Crippen molar-refractivity contribution in [1.29, 1.82) is 5.26 Å². The lowest BCUT2D eigenvalue weighted by Crippen LogP contribution is -2.30. The van der Waals surface area contributed by atoms with Gasteiger partial charge in [-0.15, -0.1) is 0 Å². The molecular formula is C21H19ClN6O3. The molecule has 0 bridgehead atoms. The van der Waals surface area contributed by atoms with Gasteiger partial charge in [-0.3, -0.25) is 14.3 Å². The number of anilines is 1. The highest BCUT2D eigenvalue weighted by Crippen LogP contribution is 2.31. The molecule has 3 aromatic rings. The Kier molecular flexibility index (Phi) is 6.52. The van der Waals surface area contributed by atoms with E-state index < -0.39 is 11.2 Å². The third kappa shape index (κ3) is 5.38. The molecule has 0 fully saturated rings. The smallest absolute Gasteiger partial charge is 0.328 e. The number of H-pyrrole nitrogens is 1. The van der Waals surface area contributed by atoms with Crippen LogP contribution >= 0.6 is 11.6 Å². The van der Waals surface area contributed by atoms with E-state index in [1.807, 2.05) is 32.0 Å². The average Bonchev–Trinajstić information content (AvgIpc) is 2.71. The summed E-state index contributed by atoms with van der Waals surface area (Å²) in [6.45, 7) is 8.11. The summed E-state index contributed by atoms with van der Waals surface area (Å²) in [6, 6.07) is 8.53. The number of rotatable bonds is 7. The zero-order valence-corrected chi connectivity index (χ0v) is 17.7. The molecule has 0 aliphatic rings. The Morgan fingerprint density at radius 3 is 2.65 bits per heavy atom. The largest absolute Gasteiger partial charge is 0.438 e. The number of aromatic nitrogens is 4. The number of aryl methyl sites for hydroxylation is 2. The minimum atomic E-state index is -0.493. The van der Waals surface area contributed by atoms with Crippen LogP contribution in [0.25, 0.3) is 5.57 Å². The number of nitrogens with one attached hydrogen (secondary N) is 2. The maximum absolute atomic E-state index is 11.7. The highest BCUT2D eigenvalue weighted by atomic mass is 35.5. The maximum atomic E-state index is 11.7. The second kappa shape index (κ2) is 9.28. The fourth-order valence-corrected chi connectivity index (χ4v) is 3.09. The zero-order valence-electron chi connectivity index (χ0n) is 16.9. The fraction of sp³-hybridized carbons (Fsp3) is 0.190. The van der Waals surface area contributed by atoms with E-state index in [2.05, 4.69) is 26.8 Å². The molecule has 0 amide bonds. The first-order chi connectivity index (χ1) is 14.8. The molecule has 0 spiro atoms. The Morgan fingerprint density at radius 2 is 2.00 bits per heavy atom. The fourth-order valence-electron chi connectivity index (χ4n) is 2.92. The van der Waals surface area contributed by atoms with Gasteiger partial charge in [0, 0.05) is 31.4 Å². The van der Waals surface area contributed by atoms with Crippen LogP contribution in [0.1, 0.15) is 16.7 Å². The number of nitrogens with zero attached hydrogens (tertiary/aromatic N) is 4. The Hall–Kier alpha value is -3.90. The molecule has 10 heteroatoms. The van der Waals surface area contributed by atoms with E-state index in [9.17, 15) is 9.59 Å². The molecule has 0 aliphatic carbocycles. The summed E-state index contributed by atoms with van der Waals surface area (Å²) >= 11 is 6.04. The Morgan fingerprint density at radius 1 is 1.29 bits per heavy atom. The number of benzene rings is 1. The van der Waals surface area contributed by atoms with Gasteiger partial charge < -0.3 is 10.1 Å². The van der Waals surface area contributed by atoms with E-state index in [0.29, 0.717) is 30.2 Å². The highest BCUT2D eigenvalue weighted by molar-refractivity contribution is 6.28. The molecule has 2 heterocycles. The predicted octanol–water partition coefficient (Wildman–Crippen LogP) is 3.04. The lowest BCUT2D eigenvalue weighted by Gasteiger charge is -2.14. The third-order valence-electron chi connectivity index (χ3n) is 4.38. The monoisotopic (exact) mass is 438 g/mol. The first-order valence-electron chi connectivity index (χ1n) is 9.23. The summed E-state index contributed by atoms with van der Waals surface area (Å²) in [7, 11) is 0. The maximum Gasteiger partial charge on any atom is 0.328 e. The van der Waals surface area contributed by atoms with Gasteiger partial charge in [-0.05, 0) is 54.3 Å². The van der Waals surface area contributed by atoms with Gasteiger partial charge in [0.25, 0.3) is 5.56 Å². The zero-order chi connectivity index (χ0) is 22.5. The standard InChI is InChI=1S/C21H19ClN6O3/c1-12-8-15(14(3)11-23)9-13(2)19(12)31-18-10-16(25-20(22)27-18)24-5-7-28-6-4-17(29)26-21(28)30/h4,6,8-10H,3,5,7H2,1-2H3,(H,24,25,27)(H,26,29,30). The number of nitriles is 1. The Balaban J connectivity index is 1.75. The molecule has 0 saturated heterocycles. The van der Waals surface area contributed by atoms with Crippen LogP contribution in [0.5, 0.6) is 11.6 Å². The van der Waals surface area contributed by atoms with Crippen molar-refractivity contribution in [3.05, 3.63) is 79.9 Å². The number of ether oxygens (including phenoxy) is 1. The van der Waals surface area contributed by atoms with E-state index >= 15 is 0 Å². The second-order valence-corrected chi connectivity index (χ2v) is 7.06. The van der Waals surface area contributed by atoms with Gasteiger partial charge in [0.05, 0.1) is 11.6 Å². The minimum absolute atomic E-state index is 0.00834. The van der Waals surface area contributed by atoms with Crippen molar-refractivity contribution in [2.45, 2.75) is 20.4 Å². The van der Waals surface area contributed by atoms with Crippen LogP contribution in [-0.2, 0) is 6.54 Å². The van der Waals surface area contributed by atoms with Gasteiger partial charge in [-0.2, -0.15) is 10.2 Å². The third-order valence-corrected chi connectivity index (χ3v) is 4.55. The van der Waals surface area contributed by atoms with Gasteiger partial charge in [0.1, 0.15) is 11.6 Å². The van der Waals surface area contributed by atoms with Crippen molar-refractivity contribution in [2.24, 2.45) is 0 Å². The molecule has 31 heavy (non-hydrogen) atoms. The SMILES string of the molecule is C=C(C#N)c1cc(C)c(Oc2cc(NCCn3ccc(=O)[nH]c3=O)nc(Cl)n2)c(C)c1. The molecule has 0 saturated carbocycles. The van der Waals surface area contributed by atoms with Gasteiger partial charge >= 0.3 is 5.69 Å². The van der Waals surface area contributed by atoms with Crippen molar-refractivity contribution < 1.29 is 4.74 Å². The van der Waals surface area contributed by atoms with Crippen molar-refractivity contribution in [1.82, 2.24) is 19.5 Å². The molecule has 0 atom stereocenters. The summed E-state index contributed by atoms with van der Waals surface area (Å²) in [6.07, 6.45) is 1.42. The normalized spacial score (nSPS) is 10.4. The van der Waals surface area contributed by atoms with Crippen LogP contribution in [-0.4, -0.2) is 26.1 Å². The van der Waals surface area contributed by atoms with Crippen molar-refractivity contribution in [3.63, 3.8) is 0 Å². The number of hydrogen-bond donors (Lipinski definition) is 2. The molecule has 2 aromatic heterocycles. The first-order valence-corrected chi connectivity index (χ1v) is 9.61. The molecular weight excluding hydrogens is 420 g/mol. The van der Waals surface area contributed by atoms with E-state index in [1.165, 1.54) is 16.8 Å². The summed E-state index contributed by atoms with van der Waals surface area (Å²) < 4.78 is 7.30. The Labute approximate surface area is 182 Å². The van der Waals surface area contributed by atoms with E-state index in [0.717, 1.165) is 16.7 Å². The highest BCUT2D eigenvalue weighted by Gasteiger charge is 2.12. The van der Waals surface area contributed by atoms with Crippen molar-refractivity contribution >= 4 is 23.0 Å². The lowest BCUT2D eigenvalue weighted by atomic mass is 10.0. The molecule has 2 N–H and O–H groups in total. The number of halogens is 1. The summed E-state index contributed by atoms with van der Waals surface area (Å²) in [5.41, 5.74) is 1.78. The topological polar surface area (TPSA) is 126 Å². The molecule has 0 unspecified atom stereocenters. The minimum Gasteiger partial charge on any atom is -0.438 e. The van der Waals surface area contributed by atoms with Crippen LogP contribution < -0.4 is 21.3 Å². The molecule has 0 aliphatic heterocycles. The summed E-state index contributed by atoms with van der Waals surface area (Å²) in [5, 5.41) is 12.1. The van der Waals surface area contributed by atoms with Gasteiger partial charge in [0.2, 0.25) is 11.2 Å². The van der Waals surface area contributed by atoms with Crippen LogP contribution in [0.3, 0.4) is 0 Å². The predicted molar refractivity (Wildman–Crippen MR) is 117 cm³/mol. The Bertz CT molecular complexity index is 1280. The summed E-state index contributed by atoms with van der Waals surface area (Å²) in [4.78, 5) is 33.3. The van der Waals surface area contributed by atoms with Gasteiger partial charge in [-0.1, -0.05) is 6.58 Å². The van der Waals surface area contributed by atoms with Crippen molar-refractivity contribution in [3.8, 4) is 17.7 Å². The quantitative estimate of drug-likeness (QED) is 0.429. The van der Waals surface area contributed by atoms with E-state index in [1.54, 1.807) is 6.07 Å². The molecule has 9 nitrogen and oxygen atoms in total. The summed E-state index contributed by atoms with van der Waals surface area (Å²) in [5.74, 6) is 1.24. The van der Waals surface area contributed by atoms with Crippen LogP contribution in [0, 0.1) is 25.2 Å². The van der Waals surface area contributed by atoms with Crippen LogP contribution in [0.15, 0.2) is 46.6 Å². The molecule has 0 radical (unpaired) electrons. The van der Waals surface area contributed by atoms with Crippen molar-refractivity contribution in [2.75, 3.05) is 11.9 Å². The number of aromatic amines is 1. The number of allylic oxidation sites excluding steroid dienone is 1. The van der Waals surface area contributed by atoms with E-state index in [-0.39, 0.29) is 11.2 Å². The molecule has 3 rings (SSSR count). The van der Waals surface area contributed by atoms with Gasteiger partial charge in [-0.25, -0.2) is 9.78 Å². The second-order valence-electron chi connectivity index (χ2n) is 6.72. The lowest BCUT2D eigenvalue weighted by molar-refractivity contribution is 0.455. The van der Waals surface area contributed by atoms with Crippen LogP contribution in [0.4, 0.5) is 5.82 Å². The molecule has 1 aromatic carbocycles. The van der Waals surface area contributed by atoms with E-state index in [4.69, 9.17) is 21.6 Å². The molecule has 158 valence electrons. The average molecular weight is 439 g/mol. The van der Waals surface area contributed by atoms with Gasteiger partial charge in [0.15, 0.2) is 0 Å². The first kappa shape index (κ1) is 21.8. The number of hydrogen-bond acceptors (Lipinski definition) is 7.